The largest absolute Gasteiger partial charge is 0.374 e. The molecule has 3 heterocycles. The Bertz CT molecular complexity index is 600. The second-order valence-corrected chi connectivity index (χ2v) is 7.10. The van der Waals surface area contributed by atoms with Gasteiger partial charge in [-0.25, -0.2) is 0 Å². The average Bonchev–Trinajstić information content (AvgIpc) is 3.03. The van der Waals surface area contributed by atoms with Crippen molar-refractivity contribution in [3.63, 3.8) is 0 Å². The van der Waals surface area contributed by atoms with Gasteiger partial charge in [0.05, 0.1) is 31.8 Å². The highest BCUT2D eigenvalue weighted by Crippen LogP contribution is 2.28. The van der Waals surface area contributed by atoms with E-state index in [-0.39, 0.29) is 12.0 Å². The lowest BCUT2D eigenvalue weighted by atomic mass is 9.90. The fourth-order valence-electron chi connectivity index (χ4n) is 4.35. The number of aryl methyl sites for hydroxylation is 1. The molecule has 2 fully saturated rings. The number of ether oxygens (including phenoxy) is 1. The molecule has 1 saturated heterocycles. The van der Waals surface area contributed by atoms with Crippen LogP contribution in [0, 0.1) is 0 Å². The molecule has 1 aliphatic carbocycles. The van der Waals surface area contributed by atoms with Crippen molar-refractivity contribution in [2.24, 2.45) is 0 Å². The van der Waals surface area contributed by atoms with Crippen LogP contribution in [0.5, 0.6) is 0 Å². The summed E-state index contributed by atoms with van der Waals surface area (Å²) < 4.78 is 8.09. The third-order valence-corrected chi connectivity index (χ3v) is 5.64. The van der Waals surface area contributed by atoms with E-state index < -0.39 is 0 Å². The molecular weight excluding hydrogens is 306 g/mol. The molecule has 3 aliphatic rings. The van der Waals surface area contributed by atoms with Gasteiger partial charge in [0.25, 0.3) is 0 Å². The highest BCUT2D eigenvalue weighted by atomic mass is 16.5. The summed E-state index contributed by atoms with van der Waals surface area (Å²) in [6.07, 6.45) is 5.79. The third-order valence-electron chi connectivity index (χ3n) is 5.64. The Morgan fingerprint density at radius 1 is 1.21 bits per heavy atom. The lowest BCUT2D eigenvalue weighted by Crippen LogP contribution is -2.57. The maximum atomic E-state index is 12.9. The van der Waals surface area contributed by atoms with Gasteiger partial charge in [-0.3, -0.25) is 9.69 Å². The van der Waals surface area contributed by atoms with E-state index in [0.717, 1.165) is 57.1 Å². The number of morpholine rings is 1. The summed E-state index contributed by atoms with van der Waals surface area (Å²) in [5, 5.41) is 8.54. The molecule has 0 unspecified atom stereocenters. The summed E-state index contributed by atoms with van der Waals surface area (Å²) in [6.45, 7) is 6.50. The second-order valence-electron chi connectivity index (χ2n) is 7.10. The molecule has 0 spiro atoms. The standard InChI is InChI=1S/C17H27N5O2/c1-2-15-18-19-16-11-20(7-8-22(15)16)12-17(23)21-9-10-24-14-6-4-3-5-13(14)21/h13-14H,2-12H2,1H3/t13-,14+/m0/s1. The minimum atomic E-state index is 0.249. The first kappa shape index (κ1) is 16.0. The van der Waals surface area contributed by atoms with E-state index in [9.17, 15) is 4.79 Å². The van der Waals surface area contributed by atoms with E-state index in [0.29, 0.717) is 19.2 Å². The van der Waals surface area contributed by atoms with Crippen LogP contribution in [0.3, 0.4) is 0 Å². The van der Waals surface area contributed by atoms with Crippen molar-refractivity contribution in [1.82, 2.24) is 24.6 Å². The topological polar surface area (TPSA) is 63.5 Å². The number of hydrogen-bond acceptors (Lipinski definition) is 5. The Morgan fingerprint density at radius 2 is 2.08 bits per heavy atom. The first-order valence-corrected chi connectivity index (χ1v) is 9.30. The summed E-state index contributed by atoms with van der Waals surface area (Å²) in [7, 11) is 0. The SMILES string of the molecule is CCc1nnc2n1CCN(CC(=O)N1CCO[C@@H]3CCCC[C@@H]31)C2. The minimum Gasteiger partial charge on any atom is -0.374 e. The molecule has 7 heteroatoms. The van der Waals surface area contributed by atoms with Gasteiger partial charge in [-0.1, -0.05) is 19.8 Å². The number of carbonyl (C=O) groups excluding carboxylic acids is 1. The molecule has 4 rings (SSSR count). The number of amides is 1. The molecule has 0 radical (unpaired) electrons. The first-order valence-electron chi connectivity index (χ1n) is 9.30. The maximum absolute atomic E-state index is 12.9. The zero-order chi connectivity index (χ0) is 16.5. The Morgan fingerprint density at radius 3 is 2.96 bits per heavy atom. The quantitative estimate of drug-likeness (QED) is 0.820. The highest BCUT2D eigenvalue weighted by molar-refractivity contribution is 5.78. The summed E-state index contributed by atoms with van der Waals surface area (Å²) in [4.78, 5) is 17.2. The fourth-order valence-corrected chi connectivity index (χ4v) is 4.35. The molecule has 132 valence electrons. The van der Waals surface area contributed by atoms with Gasteiger partial charge < -0.3 is 14.2 Å². The van der Waals surface area contributed by atoms with Gasteiger partial charge in [0.2, 0.25) is 5.91 Å². The van der Waals surface area contributed by atoms with Crippen LogP contribution in [-0.2, 0) is 29.0 Å². The van der Waals surface area contributed by atoms with Gasteiger partial charge in [0.1, 0.15) is 11.6 Å². The Balaban J connectivity index is 1.39. The van der Waals surface area contributed by atoms with Gasteiger partial charge in [-0.15, -0.1) is 10.2 Å². The Labute approximate surface area is 143 Å². The Kier molecular flexibility index (Phi) is 4.54. The molecular formula is C17H27N5O2. The van der Waals surface area contributed by atoms with Crippen LogP contribution in [0.25, 0.3) is 0 Å². The van der Waals surface area contributed by atoms with E-state index in [2.05, 4.69) is 31.5 Å². The molecule has 0 aromatic carbocycles. The van der Waals surface area contributed by atoms with Crippen LogP contribution in [-0.4, -0.2) is 68.9 Å². The summed E-state index contributed by atoms with van der Waals surface area (Å²) in [6, 6.07) is 0.292. The van der Waals surface area contributed by atoms with Crippen molar-refractivity contribution >= 4 is 5.91 Å². The van der Waals surface area contributed by atoms with E-state index >= 15 is 0 Å². The van der Waals surface area contributed by atoms with Gasteiger partial charge >= 0.3 is 0 Å². The fraction of sp³-hybridized carbons (Fsp3) is 0.824. The van der Waals surface area contributed by atoms with E-state index in [1.54, 1.807) is 0 Å². The normalized spacial score (nSPS) is 27.6. The van der Waals surface area contributed by atoms with Crippen molar-refractivity contribution in [2.45, 2.75) is 64.3 Å². The molecule has 1 aromatic heterocycles. The third kappa shape index (κ3) is 2.95. The van der Waals surface area contributed by atoms with Gasteiger partial charge in [-0.2, -0.15) is 0 Å². The number of carbonyl (C=O) groups is 1. The number of hydrogen-bond donors (Lipinski definition) is 0. The van der Waals surface area contributed by atoms with Crippen molar-refractivity contribution < 1.29 is 9.53 Å². The lowest BCUT2D eigenvalue weighted by molar-refractivity contribution is -0.151. The molecule has 0 N–H and O–H groups in total. The van der Waals surface area contributed by atoms with Crippen LogP contribution in [0.1, 0.15) is 44.3 Å². The molecule has 24 heavy (non-hydrogen) atoms. The van der Waals surface area contributed by atoms with Crippen LogP contribution >= 0.6 is 0 Å². The molecule has 7 nitrogen and oxygen atoms in total. The molecule has 1 aromatic rings. The number of fused-ring (bicyclic) bond motifs is 2. The van der Waals surface area contributed by atoms with Crippen LogP contribution in [0.15, 0.2) is 0 Å². The number of nitrogens with zero attached hydrogens (tertiary/aromatic N) is 5. The zero-order valence-electron chi connectivity index (χ0n) is 14.5. The van der Waals surface area contributed by atoms with E-state index in [1.807, 2.05) is 0 Å². The Hall–Kier alpha value is -1.47. The van der Waals surface area contributed by atoms with Crippen LogP contribution in [0.2, 0.25) is 0 Å². The second kappa shape index (κ2) is 6.80. The molecule has 0 bridgehead atoms. The van der Waals surface area contributed by atoms with Crippen LogP contribution < -0.4 is 0 Å². The molecule has 1 amide bonds. The predicted molar refractivity (Wildman–Crippen MR) is 88.4 cm³/mol. The summed E-state index contributed by atoms with van der Waals surface area (Å²) in [5.41, 5.74) is 0. The van der Waals surface area contributed by atoms with Crippen LogP contribution in [0.4, 0.5) is 0 Å². The minimum absolute atomic E-state index is 0.249. The van der Waals surface area contributed by atoms with Crippen molar-refractivity contribution in [2.75, 3.05) is 26.2 Å². The van der Waals surface area contributed by atoms with Crippen molar-refractivity contribution in [3.05, 3.63) is 11.6 Å². The van der Waals surface area contributed by atoms with E-state index in [4.69, 9.17) is 4.74 Å². The maximum Gasteiger partial charge on any atom is 0.237 e. The highest BCUT2D eigenvalue weighted by Gasteiger charge is 2.37. The van der Waals surface area contributed by atoms with Gasteiger partial charge in [0.15, 0.2) is 0 Å². The number of rotatable bonds is 3. The predicted octanol–water partition coefficient (Wildman–Crippen LogP) is 0.826. The number of aromatic nitrogens is 3. The lowest BCUT2D eigenvalue weighted by Gasteiger charge is -2.44. The average molecular weight is 333 g/mol. The first-order chi connectivity index (χ1) is 11.8. The smallest absolute Gasteiger partial charge is 0.237 e. The van der Waals surface area contributed by atoms with Crippen molar-refractivity contribution in [3.8, 4) is 0 Å². The monoisotopic (exact) mass is 333 g/mol. The zero-order valence-corrected chi connectivity index (χ0v) is 14.5. The molecule has 2 aliphatic heterocycles. The summed E-state index contributed by atoms with van der Waals surface area (Å²) in [5.74, 6) is 2.29. The molecule has 1 saturated carbocycles. The van der Waals surface area contributed by atoms with Crippen molar-refractivity contribution in [1.29, 1.82) is 0 Å². The van der Waals surface area contributed by atoms with Gasteiger partial charge in [-0.05, 0) is 12.8 Å². The van der Waals surface area contributed by atoms with Gasteiger partial charge in [0, 0.05) is 26.1 Å². The van der Waals surface area contributed by atoms with E-state index in [1.165, 1.54) is 12.8 Å². The summed E-state index contributed by atoms with van der Waals surface area (Å²) >= 11 is 0. The molecule has 2 atom stereocenters.